The zero-order valence-electron chi connectivity index (χ0n) is 19.7. The van der Waals surface area contributed by atoms with Gasteiger partial charge in [-0.15, -0.1) is 0 Å². The minimum absolute atomic E-state index is 0.226. The third kappa shape index (κ3) is 3.62. The molecular formula is C27H43FO2. The first-order valence-electron chi connectivity index (χ1n) is 12.4. The van der Waals surface area contributed by atoms with Crippen LogP contribution >= 0.6 is 0 Å². The molecule has 9 atom stereocenters. The van der Waals surface area contributed by atoms with Crippen molar-refractivity contribution in [2.75, 3.05) is 0 Å². The van der Waals surface area contributed by atoms with Crippen LogP contribution in [0.2, 0.25) is 0 Å². The van der Waals surface area contributed by atoms with Crippen molar-refractivity contribution < 1.29 is 14.6 Å². The number of hydrogen-bond acceptors (Lipinski definition) is 2. The fourth-order valence-corrected chi connectivity index (χ4v) is 8.22. The molecular weight excluding hydrogens is 375 g/mol. The van der Waals surface area contributed by atoms with Crippen LogP contribution in [0.5, 0.6) is 0 Å². The molecule has 0 aromatic carbocycles. The van der Waals surface area contributed by atoms with Crippen LogP contribution in [0.25, 0.3) is 0 Å². The van der Waals surface area contributed by atoms with Crippen molar-refractivity contribution in [3.05, 3.63) is 23.8 Å². The van der Waals surface area contributed by atoms with E-state index in [9.17, 15) is 14.6 Å². The van der Waals surface area contributed by atoms with Crippen molar-refractivity contribution in [3.63, 3.8) is 0 Å². The number of aliphatic hydroxyl groups excluding tert-OH is 2. The van der Waals surface area contributed by atoms with Gasteiger partial charge in [-0.1, -0.05) is 51.8 Å². The largest absolute Gasteiger partial charge is 0.392 e. The highest BCUT2D eigenvalue weighted by Crippen LogP contribution is 2.66. The first-order chi connectivity index (χ1) is 14.0. The molecule has 2 fully saturated rings. The average Bonchev–Trinajstić information content (AvgIpc) is 2.99. The van der Waals surface area contributed by atoms with Crippen molar-refractivity contribution >= 4 is 0 Å². The lowest BCUT2D eigenvalue weighted by Crippen LogP contribution is -2.54. The second-order valence-electron chi connectivity index (χ2n) is 12.2. The Kier molecular flexibility index (Phi) is 5.80. The predicted octanol–water partition coefficient (Wildman–Crippen LogP) is 6.23. The maximum absolute atomic E-state index is 13.9. The molecule has 0 saturated heterocycles. The molecule has 30 heavy (non-hydrogen) atoms. The van der Waals surface area contributed by atoms with Crippen LogP contribution in [-0.2, 0) is 0 Å². The molecule has 2 nitrogen and oxygen atoms in total. The van der Waals surface area contributed by atoms with Crippen molar-refractivity contribution in [2.24, 2.45) is 40.4 Å². The van der Waals surface area contributed by atoms with Gasteiger partial charge in [-0.05, 0) is 86.5 Å². The number of rotatable bonds is 5. The summed E-state index contributed by atoms with van der Waals surface area (Å²) in [5.74, 6) is 3.04. The van der Waals surface area contributed by atoms with Crippen LogP contribution in [0.4, 0.5) is 4.39 Å². The van der Waals surface area contributed by atoms with E-state index >= 15 is 0 Å². The molecule has 0 bridgehead atoms. The topological polar surface area (TPSA) is 40.5 Å². The Morgan fingerprint density at radius 3 is 2.60 bits per heavy atom. The molecule has 4 aliphatic rings. The van der Waals surface area contributed by atoms with E-state index in [1.807, 2.05) is 6.08 Å². The minimum Gasteiger partial charge on any atom is -0.392 e. The highest BCUT2D eigenvalue weighted by Gasteiger charge is 2.60. The van der Waals surface area contributed by atoms with E-state index in [4.69, 9.17) is 0 Å². The summed E-state index contributed by atoms with van der Waals surface area (Å²) in [4.78, 5) is 0. The molecule has 0 heterocycles. The molecule has 0 spiro atoms. The van der Waals surface area contributed by atoms with Crippen LogP contribution in [-0.4, -0.2) is 28.1 Å². The lowest BCUT2D eigenvalue weighted by Gasteiger charge is -2.58. The molecule has 170 valence electrons. The Morgan fingerprint density at radius 1 is 1.17 bits per heavy atom. The smallest absolute Gasteiger partial charge is 0.105 e. The van der Waals surface area contributed by atoms with Crippen molar-refractivity contribution in [2.45, 2.75) is 104 Å². The second-order valence-corrected chi connectivity index (χ2v) is 12.2. The fraction of sp³-hybridized carbons (Fsp3) is 0.852. The zero-order chi connectivity index (χ0) is 21.9. The third-order valence-corrected chi connectivity index (χ3v) is 9.94. The first-order valence-corrected chi connectivity index (χ1v) is 12.4. The number of alkyl halides is 1. The zero-order valence-corrected chi connectivity index (χ0v) is 19.7. The van der Waals surface area contributed by atoms with E-state index in [2.05, 4.69) is 32.9 Å². The number of hydrogen-bond donors (Lipinski definition) is 2. The summed E-state index contributed by atoms with van der Waals surface area (Å²) < 4.78 is 13.9. The lowest BCUT2D eigenvalue weighted by molar-refractivity contribution is -0.0806. The summed E-state index contributed by atoms with van der Waals surface area (Å²) in [5, 5.41) is 21.2. The van der Waals surface area contributed by atoms with Gasteiger partial charge in [0.15, 0.2) is 0 Å². The van der Waals surface area contributed by atoms with Crippen molar-refractivity contribution in [1.82, 2.24) is 0 Å². The van der Waals surface area contributed by atoms with Gasteiger partial charge in [-0.2, -0.15) is 0 Å². The molecule has 0 aromatic heterocycles. The molecule has 0 unspecified atom stereocenters. The van der Waals surface area contributed by atoms with Crippen molar-refractivity contribution in [1.29, 1.82) is 0 Å². The highest BCUT2D eigenvalue weighted by atomic mass is 19.1. The fourth-order valence-electron chi connectivity index (χ4n) is 8.22. The summed E-state index contributed by atoms with van der Waals surface area (Å²) in [6.07, 6.45) is 13.8. The standard InChI is InChI=1S/C27H43FO2/c1-17(7-6-13-25(2,3)28)21-10-11-22-20-9-8-18-15-19(29)16-24(30)27(18,5)23(20)12-14-26(21,22)4/h8-9,15,17,19-24,29-30H,6-7,10-14,16H2,1-5H3/t17-,19-,20+,21-,22+,23+,24+,26-,27+/m1/s1. The molecule has 0 aliphatic heterocycles. The molecule has 2 saturated carbocycles. The van der Waals surface area contributed by atoms with E-state index in [1.54, 1.807) is 13.8 Å². The number of fused-ring (bicyclic) bond motifs is 5. The minimum atomic E-state index is -1.05. The molecule has 0 amide bonds. The number of allylic oxidation sites excluding steroid dienone is 2. The monoisotopic (exact) mass is 418 g/mol. The summed E-state index contributed by atoms with van der Waals surface area (Å²) in [6.45, 7) is 10.6. The second kappa shape index (κ2) is 7.73. The van der Waals surface area contributed by atoms with Gasteiger partial charge in [0.05, 0.1) is 12.2 Å². The van der Waals surface area contributed by atoms with E-state index in [0.717, 1.165) is 30.8 Å². The Bertz CT molecular complexity index is 706. The van der Waals surface area contributed by atoms with Crippen LogP contribution in [0, 0.1) is 40.4 Å². The molecule has 4 aliphatic carbocycles. The first kappa shape index (κ1) is 22.5. The molecule has 0 aromatic rings. The highest BCUT2D eigenvalue weighted by molar-refractivity contribution is 5.38. The Balaban J connectivity index is 1.52. The van der Waals surface area contributed by atoms with Crippen LogP contribution in [0.3, 0.4) is 0 Å². The van der Waals surface area contributed by atoms with Gasteiger partial charge in [0.1, 0.15) is 5.67 Å². The molecule has 2 N–H and O–H groups in total. The SMILES string of the molecule is C[C@H](CCCC(C)(C)F)[C@H]1CC[C@H]2[C@@H]3C=CC4=C[C@@H](O)C[C@H](O)[C@]4(C)[C@H]3CC[C@]12C. The molecule has 3 heteroatoms. The van der Waals surface area contributed by atoms with E-state index in [1.165, 1.54) is 19.3 Å². The normalized spacial score (nSPS) is 46.6. The van der Waals surface area contributed by atoms with Crippen LogP contribution in [0.15, 0.2) is 23.8 Å². The summed E-state index contributed by atoms with van der Waals surface area (Å²) in [5.41, 5.74) is 0.223. The van der Waals surface area contributed by atoms with E-state index in [-0.39, 0.29) is 5.41 Å². The van der Waals surface area contributed by atoms with Gasteiger partial charge >= 0.3 is 0 Å². The van der Waals surface area contributed by atoms with Gasteiger partial charge in [-0.25, -0.2) is 4.39 Å². The number of halogens is 1. The van der Waals surface area contributed by atoms with E-state index < -0.39 is 17.9 Å². The summed E-state index contributed by atoms with van der Waals surface area (Å²) >= 11 is 0. The van der Waals surface area contributed by atoms with Gasteiger partial charge in [0.2, 0.25) is 0 Å². The lowest BCUT2D eigenvalue weighted by atomic mass is 9.47. The van der Waals surface area contributed by atoms with Crippen molar-refractivity contribution in [3.8, 4) is 0 Å². The quantitative estimate of drug-likeness (QED) is 0.556. The summed E-state index contributed by atoms with van der Waals surface area (Å²) in [6, 6.07) is 0. The van der Waals surface area contributed by atoms with Gasteiger partial charge < -0.3 is 10.2 Å². The third-order valence-electron chi connectivity index (χ3n) is 9.94. The average molecular weight is 419 g/mol. The van der Waals surface area contributed by atoms with Gasteiger partial charge in [0, 0.05) is 11.8 Å². The maximum Gasteiger partial charge on any atom is 0.105 e. The van der Waals surface area contributed by atoms with Crippen LogP contribution < -0.4 is 0 Å². The predicted molar refractivity (Wildman–Crippen MR) is 121 cm³/mol. The van der Waals surface area contributed by atoms with E-state index in [0.29, 0.717) is 41.9 Å². The Morgan fingerprint density at radius 2 is 1.90 bits per heavy atom. The maximum atomic E-state index is 13.9. The van der Waals surface area contributed by atoms with Crippen LogP contribution in [0.1, 0.15) is 86.0 Å². The van der Waals surface area contributed by atoms with Gasteiger partial charge in [0.25, 0.3) is 0 Å². The number of aliphatic hydroxyl groups is 2. The molecule has 0 radical (unpaired) electrons. The Hall–Kier alpha value is -0.670. The van der Waals surface area contributed by atoms with Gasteiger partial charge in [-0.3, -0.25) is 0 Å². The molecule has 4 rings (SSSR count). The Labute approximate surface area is 183 Å². The summed E-state index contributed by atoms with van der Waals surface area (Å²) in [7, 11) is 0.